The molecule has 1 aromatic rings. The Morgan fingerprint density at radius 2 is 1.97 bits per heavy atom. The molecule has 0 spiro atoms. The number of hydrogen-bond donors (Lipinski definition) is 1. The molecule has 0 unspecified atom stereocenters. The van der Waals surface area contributed by atoms with Gasteiger partial charge in [-0.15, -0.1) is 0 Å². The molecule has 192 valence electrons. The van der Waals surface area contributed by atoms with Crippen LogP contribution in [0.25, 0.3) is 0 Å². The van der Waals surface area contributed by atoms with E-state index in [1.807, 2.05) is 30.3 Å². The second kappa shape index (κ2) is 13.1. The lowest BCUT2D eigenvalue weighted by atomic mass is 9.69. The van der Waals surface area contributed by atoms with E-state index >= 15 is 0 Å². The number of methoxy groups -OCH3 is 1. The van der Waals surface area contributed by atoms with Crippen molar-refractivity contribution < 1.29 is 23.9 Å². The summed E-state index contributed by atoms with van der Waals surface area (Å²) in [5, 5.41) is 3.54. The third-order valence-corrected chi connectivity index (χ3v) is 7.19. The van der Waals surface area contributed by atoms with Crippen LogP contribution < -0.4 is 5.32 Å². The molecule has 1 fully saturated rings. The van der Waals surface area contributed by atoms with Crippen LogP contribution in [0.3, 0.4) is 0 Å². The number of halogens is 1. The van der Waals surface area contributed by atoms with Crippen LogP contribution in [-0.2, 0) is 30.3 Å². The number of amides is 2. The van der Waals surface area contributed by atoms with Crippen LogP contribution in [-0.4, -0.2) is 56.1 Å². The number of ether oxygens (including phenoxy) is 2. The molecule has 1 aliphatic carbocycles. The van der Waals surface area contributed by atoms with Gasteiger partial charge in [0.1, 0.15) is 5.41 Å². The fourth-order valence-electron chi connectivity index (χ4n) is 5.19. The molecule has 2 aliphatic rings. The fraction of sp³-hybridized carbons (Fsp3) is 0.593. The number of likely N-dealkylation sites (tertiary alicyclic amines) is 1. The van der Waals surface area contributed by atoms with Gasteiger partial charge in [-0.05, 0) is 56.7 Å². The summed E-state index contributed by atoms with van der Waals surface area (Å²) in [4.78, 5) is 42.0. The van der Waals surface area contributed by atoms with E-state index in [9.17, 15) is 14.4 Å². The van der Waals surface area contributed by atoms with Gasteiger partial charge in [-0.25, -0.2) is 0 Å². The second-order valence-corrected chi connectivity index (χ2v) is 9.64. The van der Waals surface area contributed by atoms with Crippen molar-refractivity contribution in [1.82, 2.24) is 10.2 Å². The molecule has 0 bridgehead atoms. The van der Waals surface area contributed by atoms with Crippen LogP contribution in [0.1, 0.15) is 57.4 Å². The average molecular weight is 505 g/mol. The van der Waals surface area contributed by atoms with E-state index in [0.717, 1.165) is 31.2 Å². The monoisotopic (exact) mass is 504 g/mol. The molecule has 8 heteroatoms. The Balaban J connectivity index is 1.91. The number of carbonyl (C=O) groups is 3. The van der Waals surface area contributed by atoms with Crippen molar-refractivity contribution in [3.63, 3.8) is 0 Å². The summed E-state index contributed by atoms with van der Waals surface area (Å²) in [6.45, 7) is 3.43. The Morgan fingerprint density at radius 1 is 1.20 bits per heavy atom. The first-order valence-electron chi connectivity index (χ1n) is 12.6. The zero-order chi connectivity index (χ0) is 25.3. The minimum absolute atomic E-state index is 0.0422. The highest BCUT2D eigenvalue weighted by Gasteiger charge is 2.61. The summed E-state index contributed by atoms with van der Waals surface area (Å²) >= 11 is 6.02. The molecule has 2 amide bonds. The van der Waals surface area contributed by atoms with Gasteiger partial charge in [-0.3, -0.25) is 14.4 Å². The second-order valence-electron chi connectivity index (χ2n) is 9.20. The standard InChI is InChI=1S/C27H37ClN2O5/c1-3-35-26(33)27-15-7-5-4-6-9-23(27)30(17-14-20-10-12-21(28)13-11-20)25(32)22(27)19-24(31)29-16-8-18-34-2/h9-13,22H,3-8,14-19H2,1-2H3,(H,29,31)/b23-9+/t22-,27+/m1/s1. The van der Waals surface area contributed by atoms with E-state index in [-0.39, 0.29) is 24.8 Å². The van der Waals surface area contributed by atoms with E-state index in [1.54, 1.807) is 18.9 Å². The van der Waals surface area contributed by atoms with Gasteiger partial charge in [0.2, 0.25) is 11.8 Å². The molecular weight excluding hydrogens is 468 g/mol. The molecule has 1 heterocycles. The Bertz CT molecular complexity index is 917. The highest BCUT2D eigenvalue weighted by atomic mass is 35.5. The first-order valence-corrected chi connectivity index (χ1v) is 13.0. The molecule has 3 rings (SSSR count). The summed E-state index contributed by atoms with van der Waals surface area (Å²) in [5.74, 6) is -1.58. The van der Waals surface area contributed by atoms with Crippen LogP contribution in [0.15, 0.2) is 36.0 Å². The van der Waals surface area contributed by atoms with Crippen molar-refractivity contribution in [2.45, 2.75) is 58.3 Å². The average Bonchev–Trinajstić information content (AvgIpc) is 3.03. The van der Waals surface area contributed by atoms with Crippen molar-refractivity contribution in [2.24, 2.45) is 11.3 Å². The van der Waals surface area contributed by atoms with Crippen molar-refractivity contribution >= 4 is 29.4 Å². The summed E-state index contributed by atoms with van der Waals surface area (Å²) in [6, 6.07) is 7.55. The minimum atomic E-state index is -1.13. The lowest BCUT2D eigenvalue weighted by molar-refractivity contribution is -0.158. The van der Waals surface area contributed by atoms with E-state index in [4.69, 9.17) is 21.1 Å². The highest BCUT2D eigenvalue weighted by Crippen LogP contribution is 2.52. The number of hydrogen-bond acceptors (Lipinski definition) is 5. The van der Waals surface area contributed by atoms with Crippen molar-refractivity contribution in [3.8, 4) is 0 Å². The third kappa shape index (κ3) is 6.44. The molecule has 0 saturated carbocycles. The van der Waals surface area contributed by atoms with Crippen molar-refractivity contribution in [2.75, 3.05) is 33.4 Å². The number of carbonyl (C=O) groups excluding carboxylic acids is 3. The number of nitrogens with zero attached hydrogens (tertiary/aromatic N) is 1. The Morgan fingerprint density at radius 3 is 2.69 bits per heavy atom. The maximum absolute atomic E-state index is 13.9. The number of rotatable bonds is 11. The maximum atomic E-state index is 13.9. The SMILES string of the molecule is CCOC(=O)[C@]12CCCCC/C=C\1N(CCc1ccc(Cl)cc1)C(=O)[C@H]2CC(=O)NCCCOC. The maximum Gasteiger partial charge on any atom is 0.318 e. The molecule has 2 atom stereocenters. The Hall–Kier alpha value is -2.38. The van der Waals surface area contributed by atoms with Gasteiger partial charge in [-0.1, -0.05) is 42.7 Å². The van der Waals surface area contributed by atoms with Crippen LogP contribution in [0.4, 0.5) is 0 Å². The predicted octanol–water partition coefficient (Wildman–Crippen LogP) is 4.28. The summed E-state index contributed by atoms with van der Waals surface area (Å²) < 4.78 is 10.6. The molecule has 0 radical (unpaired) electrons. The molecule has 1 aliphatic heterocycles. The summed E-state index contributed by atoms with van der Waals surface area (Å²) in [5.41, 5.74) is 0.638. The lowest BCUT2D eigenvalue weighted by Crippen LogP contribution is -2.42. The molecule has 1 saturated heterocycles. The summed E-state index contributed by atoms with van der Waals surface area (Å²) in [6.07, 6.45) is 7.37. The summed E-state index contributed by atoms with van der Waals surface area (Å²) in [7, 11) is 1.61. The molecule has 35 heavy (non-hydrogen) atoms. The number of fused-ring (bicyclic) bond motifs is 1. The molecule has 1 N–H and O–H groups in total. The lowest BCUT2D eigenvalue weighted by Gasteiger charge is -2.34. The third-order valence-electron chi connectivity index (χ3n) is 6.93. The largest absolute Gasteiger partial charge is 0.465 e. The van der Waals surface area contributed by atoms with Crippen molar-refractivity contribution in [3.05, 3.63) is 46.6 Å². The van der Waals surface area contributed by atoms with Gasteiger partial charge >= 0.3 is 5.97 Å². The van der Waals surface area contributed by atoms with Gasteiger partial charge < -0.3 is 19.7 Å². The van der Waals surface area contributed by atoms with Gasteiger partial charge in [0, 0.05) is 43.9 Å². The van der Waals surface area contributed by atoms with E-state index in [0.29, 0.717) is 49.7 Å². The van der Waals surface area contributed by atoms with Crippen molar-refractivity contribution in [1.29, 1.82) is 0 Å². The first-order chi connectivity index (χ1) is 16.9. The van der Waals surface area contributed by atoms with Gasteiger partial charge in [0.15, 0.2) is 0 Å². The van der Waals surface area contributed by atoms with E-state index < -0.39 is 17.3 Å². The number of allylic oxidation sites excluding steroid dienone is 1. The van der Waals surface area contributed by atoms with Gasteiger partial charge in [0.25, 0.3) is 0 Å². The smallest absolute Gasteiger partial charge is 0.318 e. The van der Waals surface area contributed by atoms with Crippen LogP contribution in [0.2, 0.25) is 5.02 Å². The van der Waals surface area contributed by atoms with Crippen LogP contribution in [0, 0.1) is 11.3 Å². The molecule has 1 aromatic carbocycles. The van der Waals surface area contributed by atoms with Crippen LogP contribution >= 0.6 is 11.6 Å². The quantitative estimate of drug-likeness (QED) is 0.359. The van der Waals surface area contributed by atoms with Gasteiger partial charge in [-0.2, -0.15) is 0 Å². The number of benzene rings is 1. The topological polar surface area (TPSA) is 84.9 Å². The van der Waals surface area contributed by atoms with E-state index in [1.165, 1.54) is 0 Å². The Kier molecular flexibility index (Phi) is 10.2. The minimum Gasteiger partial charge on any atom is -0.465 e. The molecule has 0 aromatic heterocycles. The highest BCUT2D eigenvalue weighted by molar-refractivity contribution is 6.30. The zero-order valence-electron chi connectivity index (χ0n) is 20.8. The zero-order valence-corrected chi connectivity index (χ0v) is 21.6. The first kappa shape index (κ1) is 27.2. The molecular formula is C27H37ClN2O5. The van der Waals surface area contributed by atoms with Crippen LogP contribution in [0.5, 0.6) is 0 Å². The predicted molar refractivity (Wildman–Crippen MR) is 135 cm³/mol. The Labute approximate surface area is 213 Å². The fourth-order valence-corrected chi connectivity index (χ4v) is 5.32. The van der Waals surface area contributed by atoms with Gasteiger partial charge in [0.05, 0.1) is 12.5 Å². The number of nitrogens with one attached hydrogen (secondary N) is 1. The van der Waals surface area contributed by atoms with E-state index in [2.05, 4.69) is 5.32 Å². The normalized spacial score (nSPS) is 23.6. The molecule has 7 nitrogen and oxygen atoms in total. The number of esters is 1.